The van der Waals surface area contributed by atoms with Gasteiger partial charge in [-0.3, -0.25) is 4.79 Å². The van der Waals surface area contributed by atoms with Gasteiger partial charge in [0.2, 0.25) is 0 Å². The predicted molar refractivity (Wildman–Crippen MR) is 70.2 cm³/mol. The number of methoxy groups -OCH3 is 1. The lowest BCUT2D eigenvalue weighted by Gasteiger charge is -2.12. The predicted octanol–water partition coefficient (Wildman–Crippen LogP) is 2.84. The number of ketones is 1. The molecule has 4 heteroatoms. The molecular weight excluding hydrogens is 238 g/mol. The molecule has 0 aromatic heterocycles. The van der Waals surface area contributed by atoms with Crippen molar-refractivity contribution in [2.75, 3.05) is 13.7 Å². The van der Waals surface area contributed by atoms with E-state index in [1.54, 1.807) is 19.2 Å². The van der Waals surface area contributed by atoms with E-state index in [1.807, 2.05) is 20.8 Å². The minimum atomic E-state index is -0.0128. The van der Waals surface area contributed by atoms with Crippen molar-refractivity contribution in [2.45, 2.75) is 26.8 Å². The van der Waals surface area contributed by atoms with Crippen LogP contribution in [0.3, 0.4) is 0 Å². The average Bonchev–Trinajstić information content (AvgIpc) is 2.24. The highest BCUT2D eigenvalue weighted by Crippen LogP contribution is 2.27. The minimum absolute atomic E-state index is 0.0128. The normalized spacial score (nSPS) is 10.7. The van der Waals surface area contributed by atoms with Gasteiger partial charge < -0.3 is 10.1 Å². The summed E-state index contributed by atoms with van der Waals surface area (Å²) in [4.78, 5) is 12.0. The van der Waals surface area contributed by atoms with E-state index in [4.69, 9.17) is 16.3 Å². The summed E-state index contributed by atoms with van der Waals surface area (Å²) in [7, 11) is 1.56. The van der Waals surface area contributed by atoms with Crippen molar-refractivity contribution < 1.29 is 9.53 Å². The van der Waals surface area contributed by atoms with Gasteiger partial charge in [-0.15, -0.1) is 0 Å². The lowest BCUT2D eigenvalue weighted by molar-refractivity contribution is 0.0985. The average molecular weight is 256 g/mol. The maximum absolute atomic E-state index is 12.0. The lowest BCUT2D eigenvalue weighted by Crippen LogP contribution is -2.29. The summed E-state index contributed by atoms with van der Waals surface area (Å²) in [6.45, 7) is 6.15. The number of aryl methyl sites for hydroxylation is 1. The summed E-state index contributed by atoms with van der Waals surface area (Å²) in [5, 5.41) is 3.64. The van der Waals surface area contributed by atoms with Crippen LogP contribution in [0.5, 0.6) is 5.75 Å². The van der Waals surface area contributed by atoms with Gasteiger partial charge in [0.05, 0.1) is 19.2 Å². The van der Waals surface area contributed by atoms with Gasteiger partial charge >= 0.3 is 0 Å². The second-order valence-electron chi connectivity index (χ2n) is 4.26. The van der Waals surface area contributed by atoms with Gasteiger partial charge in [-0.2, -0.15) is 0 Å². The first kappa shape index (κ1) is 14.0. The first-order valence-corrected chi connectivity index (χ1v) is 5.94. The van der Waals surface area contributed by atoms with E-state index in [0.717, 1.165) is 5.56 Å². The Kier molecular flexibility index (Phi) is 4.97. The van der Waals surface area contributed by atoms with Gasteiger partial charge in [0.15, 0.2) is 5.78 Å². The highest BCUT2D eigenvalue weighted by molar-refractivity contribution is 6.31. The van der Waals surface area contributed by atoms with Crippen molar-refractivity contribution in [3.63, 3.8) is 0 Å². The Morgan fingerprint density at radius 3 is 2.65 bits per heavy atom. The molecule has 94 valence electrons. The number of carbonyl (C=O) groups is 1. The highest BCUT2D eigenvalue weighted by atomic mass is 35.5. The van der Waals surface area contributed by atoms with E-state index < -0.39 is 0 Å². The Balaban J connectivity index is 2.99. The molecule has 0 saturated heterocycles. The Morgan fingerprint density at radius 2 is 2.12 bits per heavy atom. The molecular formula is C13H18ClNO2. The Bertz CT molecular complexity index is 416. The smallest absolute Gasteiger partial charge is 0.180 e. The summed E-state index contributed by atoms with van der Waals surface area (Å²) in [6.07, 6.45) is 0. The van der Waals surface area contributed by atoms with Gasteiger partial charge in [0.1, 0.15) is 5.75 Å². The third-order valence-electron chi connectivity index (χ3n) is 2.41. The van der Waals surface area contributed by atoms with E-state index in [0.29, 0.717) is 16.3 Å². The summed E-state index contributed by atoms with van der Waals surface area (Å²) >= 11 is 5.96. The van der Waals surface area contributed by atoms with E-state index in [-0.39, 0.29) is 18.4 Å². The van der Waals surface area contributed by atoms with Crippen LogP contribution < -0.4 is 10.1 Å². The van der Waals surface area contributed by atoms with Gasteiger partial charge in [-0.1, -0.05) is 25.4 Å². The minimum Gasteiger partial charge on any atom is -0.496 e. The standard InChI is InChI=1S/C13H18ClNO2/c1-8(2)15-7-12(16)11-6-10(14)5-9(3)13(11)17-4/h5-6,8,15H,7H2,1-4H3. The zero-order chi connectivity index (χ0) is 13.0. The first-order valence-electron chi connectivity index (χ1n) is 5.56. The molecule has 17 heavy (non-hydrogen) atoms. The number of nitrogens with one attached hydrogen (secondary N) is 1. The number of ether oxygens (including phenoxy) is 1. The molecule has 0 aliphatic carbocycles. The highest BCUT2D eigenvalue weighted by Gasteiger charge is 2.15. The maximum Gasteiger partial charge on any atom is 0.180 e. The molecule has 0 bridgehead atoms. The summed E-state index contributed by atoms with van der Waals surface area (Å²) < 4.78 is 5.25. The van der Waals surface area contributed by atoms with Crippen LogP contribution in [0.4, 0.5) is 0 Å². The quantitative estimate of drug-likeness (QED) is 0.823. The van der Waals surface area contributed by atoms with Crippen LogP contribution in [-0.2, 0) is 0 Å². The number of Topliss-reactive ketones (excluding diaryl/α,β-unsaturated/α-hetero) is 1. The molecule has 0 aliphatic rings. The molecule has 0 unspecified atom stereocenters. The molecule has 0 radical (unpaired) electrons. The van der Waals surface area contributed by atoms with Crippen molar-refractivity contribution in [1.82, 2.24) is 5.32 Å². The molecule has 0 aliphatic heterocycles. The van der Waals surface area contributed by atoms with Gasteiger partial charge in [-0.05, 0) is 24.6 Å². The number of benzene rings is 1. The molecule has 0 saturated carbocycles. The number of hydrogen-bond donors (Lipinski definition) is 1. The van der Waals surface area contributed by atoms with E-state index in [1.165, 1.54) is 0 Å². The van der Waals surface area contributed by atoms with Crippen molar-refractivity contribution in [2.24, 2.45) is 0 Å². The molecule has 0 fully saturated rings. The first-order chi connectivity index (χ1) is 7.95. The van der Waals surface area contributed by atoms with Crippen LogP contribution >= 0.6 is 11.6 Å². The second-order valence-corrected chi connectivity index (χ2v) is 4.70. The van der Waals surface area contributed by atoms with Crippen LogP contribution in [-0.4, -0.2) is 25.5 Å². The Labute approximate surface area is 107 Å². The largest absolute Gasteiger partial charge is 0.496 e. The topological polar surface area (TPSA) is 38.3 Å². The fourth-order valence-corrected chi connectivity index (χ4v) is 1.87. The summed E-state index contributed by atoms with van der Waals surface area (Å²) in [5.41, 5.74) is 1.40. The van der Waals surface area contributed by atoms with Gasteiger partial charge in [-0.25, -0.2) is 0 Å². The molecule has 0 amide bonds. The van der Waals surface area contributed by atoms with Crippen molar-refractivity contribution in [3.05, 3.63) is 28.3 Å². The third-order valence-corrected chi connectivity index (χ3v) is 2.63. The SMILES string of the molecule is COc1c(C)cc(Cl)cc1C(=O)CNC(C)C. The monoisotopic (exact) mass is 255 g/mol. The summed E-state index contributed by atoms with van der Waals surface area (Å²) in [5.74, 6) is 0.589. The number of carbonyl (C=O) groups excluding carboxylic acids is 1. The number of rotatable bonds is 5. The maximum atomic E-state index is 12.0. The van der Waals surface area contributed by atoms with E-state index >= 15 is 0 Å². The van der Waals surface area contributed by atoms with Crippen molar-refractivity contribution >= 4 is 17.4 Å². The molecule has 3 nitrogen and oxygen atoms in total. The van der Waals surface area contributed by atoms with Gasteiger partial charge in [0, 0.05) is 11.1 Å². The van der Waals surface area contributed by atoms with Crippen LogP contribution in [0.15, 0.2) is 12.1 Å². The molecule has 0 spiro atoms. The molecule has 0 heterocycles. The van der Waals surface area contributed by atoms with Gasteiger partial charge in [0.25, 0.3) is 0 Å². The molecule has 1 aromatic rings. The summed E-state index contributed by atoms with van der Waals surface area (Å²) in [6, 6.07) is 3.70. The van der Waals surface area contributed by atoms with E-state index in [9.17, 15) is 4.79 Å². The number of hydrogen-bond acceptors (Lipinski definition) is 3. The van der Waals surface area contributed by atoms with E-state index in [2.05, 4.69) is 5.32 Å². The fraction of sp³-hybridized carbons (Fsp3) is 0.462. The zero-order valence-electron chi connectivity index (χ0n) is 10.6. The molecule has 0 atom stereocenters. The van der Waals surface area contributed by atoms with Crippen LogP contribution in [0.2, 0.25) is 5.02 Å². The van der Waals surface area contributed by atoms with Crippen molar-refractivity contribution in [1.29, 1.82) is 0 Å². The van der Waals surface area contributed by atoms with Crippen molar-refractivity contribution in [3.8, 4) is 5.75 Å². The van der Waals surface area contributed by atoms with Crippen LogP contribution in [0.25, 0.3) is 0 Å². The fourth-order valence-electron chi connectivity index (χ4n) is 1.60. The second kappa shape index (κ2) is 6.03. The third kappa shape index (κ3) is 3.72. The molecule has 1 N–H and O–H groups in total. The van der Waals surface area contributed by atoms with Crippen LogP contribution in [0, 0.1) is 6.92 Å². The molecule has 1 rings (SSSR count). The zero-order valence-corrected chi connectivity index (χ0v) is 11.4. The van der Waals surface area contributed by atoms with Crippen LogP contribution in [0.1, 0.15) is 29.8 Å². The Morgan fingerprint density at radius 1 is 1.47 bits per heavy atom. The molecule has 1 aromatic carbocycles. The number of halogens is 1. The Hall–Kier alpha value is -1.06. The lowest BCUT2D eigenvalue weighted by atomic mass is 10.1.